The molecule has 0 aromatic heterocycles. The SMILES string of the molecule is COc1ccc(Cl)cc1N(CC(=O)NCCC(C)C)S(=O)(=O)c1ccccc1. The van der Waals surface area contributed by atoms with E-state index in [0.29, 0.717) is 23.2 Å². The number of halogens is 1. The van der Waals surface area contributed by atoms with Crippen LogP contribution >= 0.6 is 11.6 Å². The molecule has 0 spiro atoms. The minimum atomic E-state index is -4.01. The molecule has 2 aromatic carbocycles. The molecule has 2 rings (SSSR count). The van der Waals surface area contributed by atoms with Crippen molar-refractivity contribution in [3.8, 4) is 5.75 Å². The van der Waals surface area contributed by atoms with Gasteiger partial charge in [-0.3, -0.25) is 9.10 Å². The third kappa shape index (κ3) is 5.62. The van der Waals surface area contributed by atoms with Gasteiger partial charge in [-0.1, -0.05) is 43.6 Å². The highest BCUT2D eigenvalue weighted by atomic mass is 35.5. The van der Waals surface area contributed by atoms with E-state index in [1.54, 1.807) is 30.3 Å². The van der Waals surface area contributed by atoms with Gasteiger partial charge in [0, 0.05) is 11.6 Å². The number of carbonyl (C=O) groups excluding carboxylic acids is 1. The zero-order chi connectivity index (χ0) is 20.7. The standard InChI is InChI=1S/C20H25ClN2O4S/c1-15(2)11-12-22-20(24)14-23(18-13-16(21)9-10-19(18)27-3)28(25,26)17-7-5-4-6-8-17/h4-10,13,15H,11-12,14H2,1-3H3,(H,22,24). The van der Waals surface area contributed by atoms with Crippen LogP contribution in [0.1, 0.15) is 20.3 Å². The number of anilines is 1. The Hall–Kier alpha value is -2.25. The Labute approximate surface area is 171 Å². The van der Waals surface area contributed by atoms with Crippen LogP contribution in [-0.2, 0) is 14.8 Å². The van der Waals surface area contributed by atoms with Gasteiger partial charge < -0.3 is 10.1 Å². The van der Waals surface area contributed by atoms with Crippen molar-refractivity contribution in [1.29, 1.82) is 0 Å². The zero-order valence-electron chi connectivity index (χ0n) is 16.2. The molecule has 0 bridgehead atoms. The largest absolute Gasteiger partial charge is 0.495 e. The number of nitrogens with zero attached hydrogens (tertiary/aromatic N) is 1. The molecule has 2 aromatic rings. The first kappa shape index (κ1) is 22.0. The Morgan fingerprint density at radius 2 is 1.86 bits per heavy atom. The topological polar surface area (TPSA) is 75.7 Å². The lowest BCUT2D eigenvalue weighted by atomic mass is 10.1. The van der Waals surface area contributed by atoms with Crippen molar-refractivity contribution in [2.24, 2.45) is 5.92 Å². The van der Waals surface area contributed by atoms with Crippen LogP contribution in [0.4, 0.5) is 5.69 Å². The van der Waals surface area contributed by atoms with Gasteiger partial charge in [0.1, 0.15) is 12.3 Å². The van der Waals surface area contributed by atoms with Crippen LogP contribution < -0.4 is 14.4 Å². The highest BCUT2D eigenvalue weighted by Gasteiger charge is 2.29. The van der Waals surface area contributed by atoms with E-state index < -0.39 is 15.9 Å². The second-order valence-electron chi connectivity index (χ2n) is 6.67. The number of ether oxygens (including phenoxy) is 1. The summed E-state index contributed by atoms with van der Waals surface area (Å²) in [5, 5.41) is 3.11. The predicted molar refractivity (Wildman–Crippen MR) is 111 cm³/mol. The summed E-state index contributed by atoms with van der Waals surface area (Å²) in [6.07, 6.45) is 0.803. The molecule has 0 heterocycles. The van der Waals surface area contributed by atoms with Crippen LogP contribution in [-0.4, -0.2) is 34.5 Å². The molecule has 0 aliphatic rings. The molecule has 1 N–H and O–H groups in total. The second-order valence-corrected chi connectivity index (χ2v) is 8.97. The quantitative estimate of drug-likeness (QED) is 0.665. The van der Waals surface area contributed by atoms with E-state index in [1.807, 2.05) is 0 Å². The Kier molecular flexibility index (Phi) is 7.71. The van der Waals surface area contributed by atoms with Gasteiger partial charge in [-0.05, 0) is 42.7 Å². The van der Waals surface area contributed by atoms with Crippen LogP contribution in [0.2, 0.25) is 5.02 Å². The minimum absolute atomic E-state index is 0.0759. The van der Waals surface area contributed by atoms with Gasteiger partial charge in [0.05, 0.1) is 17.7 Å². The van der Waals surface area contributed by atoms with Crippen molar-refractivity contribution in [1.82, 2.24) is 5.32 Å². The monoisotopic (exact) mass is 424 g/mol. The highest BCUT2D eigenvalue weighted by Crippen LogP contribution is 2.34. The van der Waals surface area contributed by atoms with E-state index in [9.17, 15) is 13.2 Å². The van der Waals surface area contributed by atoms with Crippen molar-refractivity contribution in [3.63, 3.8) is 0 Å². The maximum absolute atomic E-state index is 13.3. The minimum Gasteiger partial charge on any atom is -0.495 e. The molecule has 0 saturated carbocycles. The summed E-state index contributed by atoms with van der Waals surface area (Å²) < 4.78 is 32.9. The maximum Gasteiger partial charge on any atom is 0.264 e. The van der Waals surface area contributed by atoms with Gasteiger partial charge in [-0.15, -0.1) is 0 Å². The number of hydrogen-bond acceptors (Lipinski definition) is 4. The smallest absolute Gasteiger partial charge is 0.264 e. The van der Waals surface area contributed by atoms with E-state index in [1.165, 1.54) is 25.3 Å². The maximum atomic E-state index is 13.3. The zero-order valence-corrected chi connectivity index (χ0v) is 17.8. The molecule has 0 fully saturated rings. The van der Waals surface area contributed by atoms with Crippen molar-refractivity contribution in [3.05, 3.63) is 53.6 Å². The first-order valence-electron chi connectivity index (χ1n) is 8.93. The van der Waals surface area contributed by atoms with E-state index in [4.69, 9.17) is 16.3 Å². The number of methoxy groups -OCH3 is 1. The number of sulfonamides is 1. The molecule has 1 amide bonds. The van der Waals surface area contributed by atoms with Gasteiger partial charge in [0.2, 0.25) is 5.91 Å². The van der Waals surface area contributed by atoms with E-state index in [-0.39, 0.29) is 17.1 Å². The molecule has 0 aliphatic carbocycles. The Morgan fingerprint density at radius 3 is 2.46 bits per heavy atom. The van der Waals surface area contributed by atoms with Gasteiger partial charge >= 0.3 is 0 Å². The number of hydrogen-bond donors (Lipinski definition) is 1. The van der Waals surface area contributed by atoms with Crippen LogP contribution in [0.25, 0.3) is 0 Å². The van der Waals surface area contributed by atoms with Crippen LogP contribution in [0, 0.1) is 5.92 Å². The van der Waals surface area contributed by atoms with Crippen molar-refractivity contribution < 1.29 is 17.9 Å². The number of carbonyl (C=O) groups is 1. The average molecular weight is 425 g/mol. The Bertz CT molecular complexity index is 902. The van der Waals surface area contributed by atoms with Gasteiger partial charge in [-0.2, -0.15) is 0 Å². The van der Waals surface area contributed by atoms with E-state index in [2.05, 4.69) is 19.2 Å². The van der Waals surface area contributed by atoms with Crippen LogP contribution in [0.15, 0.2) is 53.4 Å². The first-order chi connectivity index (χ1) is 13.3. The molecule has 0 unspecified atom stereocenters. The fourth-order valence-corrected chi connectivity index (χ4v) is 4.17. The molecular formula is C20H25ClN2O4S. The molecule has 152 valence electrons. The molecule has 0 aliphatic heterocycles. The van der Waals surface area contributed by atoms with Gasteiger partial charge in [0.25, 0.3) is 10.0 Å². The van der Waals surface area contributed by atoms with E-state index >= 15 is 0 Å². The number of nitrogens with one attached hydrogen (secondary N) is 1. The lowest BCUT2D eigenvalue weighted by Crippen LogP contribution is -2.41. The average Bonchev–Trinajstić information content (AvgIpc) is 2.66. The third-order valence-corrected chi connectivity index (χ3v) is 6.08. The molecule has 28 heavy (non-hydrogen) atoms. The second kappa shape index (κ2) is 9.80. The fourth-order valence-electron chi connectivity index (χ4n) is 2.56. The lowest BCUT2D eigenvalue weighted by Gasteiger charge is -2.26. The van der Waals surface area contributed by atoms with Crippen molar-refractivity contribution >= 4 is 33.2 Å². The predicted octanol–water partition coefficient (Wildman–Crippen LogP) is 3.71. The summed E-state index contributed by atoms with van der Waals surface area (Å²) in [6.45, 7) is 4.19. The fraction of sp³-hybridized carbons (Fsp3) is 0.350. The van der Waals surface area contributed by atoms with Crippen LogP contribution in [0.3, 0.4) is 0 Å². The summed E-state index contributed by atoms with van der Waals surface area (Å²) in [5.41, 5.74) is 0.206. The molecule has 8 heteroatoms. The van der Waals surface area contributed by atoms with Crippen LogP contribution in [0.5, 0.6) is 5.75 Å². The number of amides is 1. The first-order valence-corrected chi connectivity index (χ1v) is 10.8. The highest BCUT2D eigenvalue weighted by molar-refractivity contribution is 7.92. The van der Waals surface area contributed by atoms with Crippen molar-refractivity contribution in [2.45, 2.75) is 25.2 Å². The van der Waals surface area contributed by atoms with Gasteiger partial charge in [0.15, 0.2) is 0 Å². The molecule has 6 nitrogen and oxygen atoms in total. The van der Waals surface area contributed by atoms with Gasteiger partial charge in [-0.25, -0.2) is 8.42 Å². The Balaban J connectivity index is 2.42. The van der Waals surface area contributed by atoms with Crippen molar-refractivity contribution in [2.75, 3.05) is 24.5 Å². The summed E-state index contributed by atoms with van der Waals surface area (Å²) in [4.78, 5) is 12.6. The summed E-state index contributed by atoms with van der Waals surface area (Å²) >= 11 is 6.09. The molecule has 0 atom stereocenters. The van der Waals surface area contributed by atoms with E-state index in [0.717, 1.165) is 10.7 Å². The number of benzene rings is 2. The number of rotatable bonds is 9. The normalized spacial score (nSPS) is 11.3. The lowest BCUT2D eigenvalue weighted by molar-refractivity contribution is -0.119. The summed E-state index contributed by atoms with van der Waals surface area (Å²) in [5.74, 6) is 0.332. The third-order valence-electron chi connectivity index (χ3n) is 4.07. The molecular weight excluding hydrogens is 400 g/mol. The summed E-state index contributed by atoms with van der Waals surface area (Å²) in [7, 11) is -2.57. The molecule has 0 radical (unpaired) electrons. The Morgan fingerprint density at radius 1 is 1.18 bits per heavy atom. The molecule has 0 saturated heterocycles. The summed E-state index contributed by atoms with van der Waals surface area (Å²) in [6, 6.07) is 12.6.